The Labute approximate surface area is 257 Å². The Morgan fingerprint density at radius 1 is 0.902 bits per heavy atom. The number of anilines is 1. The molecule has 0 aliphatic heterocycles. The van der Waals surface area contributed by atoms with Crippen molar-refractivity contribution >= 4 is 62.3 Å². The molecule has 1 atom stereocenters. The molecule has 0 heterocycles. The Balaban J connectivity index is 2.13. The van der Waals surface area contributed by atoms with Gasteiger partial charge in [0, 0.05) is 33.2 Å². The minimum Gasteiger partial charge on any atom is -0.352 e. The van der Waals surface area contributed by atoms with Gasteiger partial charge in [0.2, 0.25) is 11.8 Å². The standard InChI is InChI=1S/C30H34Cl3N3O4S/c1-6-28(30(38)34-19(2)3)35(17-24-25(31)8-7-9-26(24)32)29(37)18-36(22-13-12-21(5)27(33)16-22)41(39,40)23-14-10-20(4)11-15-23/h7-16,19,28H,6,17-18H2,1-5H3,(H,34,38)/t28-/m0/s1. The number of benzene rings is 3. The Morgan fingerprint density at radius 2 is 1.51 bits per heavy atom. The van der Waals surface area contributed by atoms with Crippen LogP contribution in [0.2, 0.25) is 15.1 Å². The van der Waals surface area contributed by atoms with Crippen LogP contribution in [0.25, 0.3) is 0 Å². The number of aryl methyl sites for hydroxylation is 2. The van der Waals surface area contributed by atoms with Crippen LogP contribution >= 0.6 is 34.8 Å². The third kappa shape index (κ3) is 7.95. The molecule has 0 spiro atoms. The van der Waals surface area contributed by atoms with Gasteiger partial charge in [-0.3, -0.25) is 13.9 Å². The average Bonchev–Trinajstić information content (AvgIpc) is 2.90. The van der Waals surface area contributed by atoms with Crippen molar-refractivity contribution in [3.8, 4) is 0 Å². The van der Waals surface area contributed by atoms with Gasteiger partial charge in [-0.05, 0) is 76.1 Å². The number of rotatable bonds is 11. The molecule has 0 bridgehead atoms. The second-order valence-corrected chi connectivity index (χ2v) is 13.2. The lowest BCUT2D eigenvalue weighted by Crippen LogP contribution is -2.53. The smallest absolute Gasteiger partial charge is 0.264 e. The quantitative estimate of drug-likeness (QED) is 0.251. The molecule has 0 saturated heterocycles. The molecular weight excluding hydrogens is 605 g/mol. The highest BCUT2D eigenvalue weighted by atomic mass is 35.5. The van der Waals surface area contributed by atoms with E-state index in [2.05, 4.69) is 5.32 Å². The lowest BCUT2D eigenvalue weighted by atomic mass is 10.1. The first-order chi connectivity index (χ1) is 19.3. The van der Waals surface area contributed by atoms with Crippen LogP contribution in [0.3, 0.4) is 0 Å². The molecule has 3 rings (SSSR count). The summed E-state index contributed by atoms with van der Waals surface area (Å²) < 4.78 is 29.0. The van der Waals surface area contributed by atoms with Gasteiger partial charge < -0.3 is 10.2 Å². The first kappa shape index (κ1) is 32.7. The molecule has 0 fully saturated rings. The Hall–Kier alpha value is -2.78. The van der Waals surface area contributed by atoms with Gasteiger partial charge in [-0.2, -0.15) is 0 Å². The van der Waals surface area contributed by atoms with E-state index in [0.717, 1.165) is 15.4 Å². The first-order valence-electron chi connectivity index (χ1n) is 13.1. The predicted molar refractivity (Wildman–Crippen MR) is 166 cm³/mol. The number of nitrogens with zero attached hydrogens (tertiary/aromatic N) is 2. The van der Waals surface area contributed by atoms with Gasteiger partial charge in [0.25, 0.3) is 10.0 Å². The minimum atomic E-state index is -4.22. The van der Waals surface area contributed by atoms with E-state index in [4.69, 9.17) is 34.8 Å². The summed E-state index contributed by atoms with van der Waals surface area (Å²) in [6, 6.07) is 15.0. The maximum atomic E-state index is 14.1. The molecule has 3 aromatic carbocycles. The zero-order valence-electron chi connectivity index (χ0n) is 23.6. The predicted octanol–water partition coefficient (Wildman–Crippen LogP) is 6.79. The molecule has 7 nitrogen and oxygen atoms in total. The van der Waals surface area contributed by atoms with Gasteiger partial charge in [-0.15, -0.1) is 0 Å². The summed E-state index contributed by atoms with van der Waals surface area (Å²) >= 11 is 19.3. The third-order valence-electron chi connectivity index (χ3n) is 6.54. The summed E-state index contributed by atoms with van der Waals surface area (Å²) in [6.07, 6.45) is 0.271. The summed E-state index contributed by atoms with van der Waals surface area (Å²) in [5.41, 5.74) is 2.30. The van der Waals surface area contributed by atoms with Crippen LogP contribution in [0.15, 0.2) is 65.6 Å². The summed E-state index contributed by atoms with van der Waals surface area (Å²) in [7, 11) is -4.22. The van der Waals surface area contributed by atoms with Crippen LogP contribution in [0.5, 0.6) is 0 Å². The van der Waals surface area contributed by atoms with Crippen molar-refractivity contribution in [2.24, 2.45) is 0 Å². The molecule has 41 heavy (non-hydrogen) atoms. The summed E-state index contributed by atoms with van der Waals surface area (Å²) in [5, 5.41) is 3.85. The fraction of sp³-hybridized carbons (Fsp3) is 0.333. The third-order valence-corrected chi connectivity index (χ3v) is 9.44. The van der Waals surface area contributed by atoms with Crippen molar-refractivity contribution < 1.29 is 18.0 Å². The molecule has 0 aromatic heterocycles. The van der Waals surface area contributed by atoms with Gasteiger partial charge >= 0.3 is 0 Å². The van der Waals surface area contributed by atoms with Crippen molar-refractivity contribution in [2.75, 3.05) is 10.8 Å². The van der Waals surface area contributed by atoms with Gasteiger partial charge in [0.1, 0.15) is 12.6 Å². The Bertz CT molecular complexity index is 1490. The monoisotopic (exact) mass is 637 g/mol. The van der Waals surface area contributed by atoms with Crippen LogP contribution < -0.4 is 9.62 Å². The number of amides is 2. The maximum Gasteiger partial charge on any atom is 0.264 e. The number of hydrogen-bond donors (Lipinski definition) is 1. The van der Waals surface area contributed by atoms with Crippen molar-refractivity contribution in [1.82, 2.24) is 10.2 Å². The van der Waals surface area contributed by atoms with Gasteiger partial charge in [-0.25, -0.2) is 8.42 Å². The van der Waals surface area contributed by atoms with Crippen LogP contribution in [-0.2, 0) is 26.2 Å². The molecule has 0 radical (unpaired) electrons. The summed E-state index contributed by atoms with van der Waals surface area (Å²) in [4.78, 5) is 28.8. The molecule has 0 unspecified atom stereocenters. The van der Waals surface area contributed by atoms with E-state index in [0.29, 0.717) is 20.6 Å². The normalized spacial score (nSPS) is 12.2. The van der Waals surface area contributed by atoms with E-state index in [1.165, 1.54) is 23.1 Å². The average molecular weight is 639 g/mol. The number of carbonyl (C=O) groups is 2. The van der Waals surface area contributed by atoms with Crippen molar-refractivity contribution in [3.05, 3.63) is 92.4 Å². The lowest BCUT2D eigenvalue weighted by Gasteiger charge is -2.34. The fourth-order valence-electron chi connectivity index (χ4n) is 4.26. The van der Waals surface area contributed by atoms with E-state index < -0.39 is 28.5 Å². The number of hydrogen-bond acceptors (Lipinski definition) is 4. The van der Waals surface area contributed by atoms with E-state index in [1.54, 1.807) is 56.3 Å². The zero-order valence-corrected chi connectivity index (χ0v) is 26.7. The van der Waals surface area contributed by atoms with E-state index in [-0.39, 0.29) is 35.5 Å². The highest BCUT2D eigenvalue weighted by Crippen LogP contribution is 2.30. The molecule has 11 heteroatoms. The van der Waals surface area contributed by atoms with Crippen molar-refractivity contribution in [3.63, 3.8) is 0 Å². The fourth-order valence-corrected chi connectivity index (χ4v) is 6.35. The topological polar surface area (TPSA) is 86.8 Å². The highest BCUT2D eigenvalue weighted by molar-refractivity contribution is 7.92. The molecule has 1 N–H and O–H groups in total. The lowest BCUT2D eigenvalue weighted by molar-refractivity contribution is -0.140. The van der Waals surface area contributed by atoms with E-state index >= 15 is 0 Å². The SMILES string of the molecule is CC[C@@H](C(=O)NC(C)C)N(Cc1c(Cl)cccc1Cl)C(=O)CN(c1ccc(C)c(Cl)c1)S(=O)(=O)c1ccc(C)cc1. The highest BCUT2D eigenvalue weighted by Gasteiger charge is 2.34. The Kier molecular flexibility index (Phi) is 11.1. The number of sulfonamides is 1. The second kappa shape index (κ2) is 13.9. The largest absolute Gasteiger partial charge is 0.352 e. The molecule has 220 valence electrons. The molecule has 2 amide bonds. The van der Waals surface area contributed by atoms with Crippen LogP contribution in [0.1, 0.15) is 43.9 Å². The molecule has 0 saturated carbocycles. The van der Waals surface area contributed by atoms with Crippen molar-refractivity contribution in [2.45, 2.75) is 64.6 Å². The first-order valence-corrected chi connectivity index (χ1v) is 15.7. The van der Waals surface area contributed by atoms with E-state index in [1.807, 2.05) is 20.8 Å². The second-order valence-electron chi connectivity index (χ2n) is 10.1. The zero-order chi connectivity index (χ0) is 30.5. The summed E-state index contributed by atoms with van der Waals surface area (Å²) in [5.74, 6) is -0.982. The van der Waals surface area contributed by atoms with Gasteiger partial charge in [-0.1, -0.05) is 71.6 Å². The van der Waals surface area contributed by atoms with Gasteiger partial charge in [0.15, 0.2) is 0 Å². The molecule has 3 aromatic rings. The van der Waals surface area contributed by atoms with Crippen LogP contribution in [0, 0.1) is 13.8 Å². The van der Waals surface area contributed by atoms with E-state index in [9.17, 15) is 18.0 Å². The number of nitrogens with one attached hydrogen (secondary N) is 1. The van der Waals surface area contributed by atoms with Crippen LogP contribution in [-0.4, -0.2) is 43.8 Å². The molecule has 0 aliphatic rings. The van der Waals surface area contributed by atoms with Crippen LogP contribution in [0.4, 0.5) is 5.69 Å². The van der Waals surface area contributed by atoms with Crippen molar-refractivity contribution in [1.29, 1.82) is 0 Å². The maximum absolute atomic E-state index is 14.1. The number of halogens is 3. The minimum absolute atomic E-state index is 0.0119. The summed E-state index contributed by atoms with van der Waals surface area (Å²) in [6.45, 7) is 8.36. The Morgan fingerprint density at radius 3 is 2.05 bits per heavy atom. The molecule has 0 aliphatic carbocycles. The van der Waals surface area contributed by atoms with Gasteiger partial charge in [0.05, 0.1) is 10.6 Å². The number of carbonyl (C=O) groups excluding carboxylic acids is 2. The molecular formula is C30H34Cl3N3O4S.